The Kier molecular flexibility index (Phi) is 3.75. The van der Waals surface area contributed by atoms with Gasteiger partial charge in [-0.05, 0) is 31.2 Å². The van der Waals surface area contributed by atoms with Crippen molar-refractivity contribution in [2.24, 2.45) is 5.73 Å². The Bertz CT molecular complexity index is 1030. The Balaban J connectivity index is 1.96. The van der Waals surface area contributed by atoms with Gasteiger partial charge in [0.25, 0.3) is 0 Å². The van der Waals surface area contributed by atoms with Gasteiger partial charge in [-0.3, -0.25) is 0 Å². The highest BCUT2D eigenvalue weighted by Gasteiger charge is 2.36. The molecule has 4 rings (SSSR count). The number of aryl methyl sites for hydroxylation is 1. The third kappa shape index (κ3) is 2.49. The molecule has 0 aliphatic carbocycles. The Labute approximate surface area is 153 Å². The number of benzene rings is 1. The summed E-state index contributed by atoms with van der Waals surface area (Å²) in [6.45, 7) is 1.90. The average Bonchev–Trinajstić information content (AvgIpc) is 3.18. The van der Waals surface area contributed by atoms with Crippen LogP contribution in [-0.4, -0.2) is 9.78 Å². The molecular weight excluding hydrogens is 356 g/mol. The van der Waals surface area contributed by atoms with Crippen molar-refractivity contribution in [1.29, 1.82) is 5.26 Å². The van der Waals surface area contributed by atoms with Gasteiger partial charge in [-0.15, -0.1) is 11.3 Å². The second kappa shape index (κ2) is 5.96. The second-order valence-electron chi connectivity index (χ2n) is 5.62. The molecule has 1 aliphatic rings. The molecule has 25 heavy (non-hydrogen) atoms. The van der Waals surface area contributed by atoms with Crippen molar-refractivity contribution in [2.45, 2.75) is 12.8 Å². The fourth-order valence-electron chi connectivity index (χ4n) is 3.03. The number of ether oxygens (including phenoxy) is 1. The average molecular weight is 369 g/mol. The molecule has 0 fully saturated rings. The van der Waals surface area contributed by atoms with E-state index < -0.39 is 0 Å². The van der Waals surface area contributed by atoms with E-state index in [9.17, 15) is 5.26 Å². The number of rotatable bonds is 2. The molecule has 0 saturated heterocycles. The van der Waals surface area contributed by atoms with Crippen molar-refractivity contribution < 1.29 is 4.74 Å². The number of hydrogen-bond acceptors (Lipinski definition) is 5. The maximum absolute atomic E-state index is 9.62. The topological polar surface area (TPSA) is 76.9 Å². The summed E-state index contributed by atoms with van der Waals surface area (Å²) >= 11 is 7.54. The minimum Gasteiger partial charge on any atom is -0.422 e. The van der Waals surface area contributed by atoms with Gasteiger partial charge in [0.05, 0.1) is 27.2 Å². The van der Waals surface area contributed by atoms with E-state index in [1.165, 1.54) is 11.3 Å². The van der Waals surface area contributed by atoms with Crippen LogP contribution < -0.4 is 10.5 Å². The third-order valence-electron chi connectivity index (χ3n) is 4.11. The number of hydrogen-bond donors (Lipinski definition) is 1. The van der Waals surface area contributed by atoms with Gasteiger partial charge in [0.2, 0.25) is 11.8 Å². The molecular formula is C18H13ClN4OS. The van der Waals surface area contributed by atoms with E-state index in [1.807, 2.05) is 49.4 Å². The first-order valence-corrected chi connectivity index (χ1v) is 8.77. The highest BCUT2D eigenvalue weighted by atomic mass is 35.5. The molecule has 2 N–H and O–H groups in total. The fraction of sp³-hybridized carbons (Fsp3) is 0.111. The maximum Gasteiger partial charge on any atom is 0.229 e. The molecule has 0 radical (unpaired) electrons. The Morgan fingerprint density at radius 1 is 1.28 bits per heavy atom. The van der Waals surface area contributed by atoms with Crippen LogP contribution in [0.3, 0.4) is 0 Å². The fourth-order valence-corrected chi connectivity index (χ4v) is 4.21. The predicted octanol–water partition coefficient (Wildman–Crippen LogP) is 4.11. The van der Waals surface area contributed by atoms with Crippen LogP contribution in [0.2, 0.25) is 4.34 Å². The minimum absolute atomic E-state index is 0.0987. The largest absolute Gasteiger partial charge is 0.422 e. The molecule has 1 unspecified atom stereocenters. The lowest BCUT2D eigenvalue weighted by atomic mass is 9.89. The van der Waals surface area contributed by atoms with Crippen LogP contribution >= 0.6 is 22.9 Å². The third-order valence-corrected chi connectivity index (χ3v) is 5.41. The van der Waals surface area contributed by atoms with Crippen molar-refractivity contribution in [3.8, 4) is 17.6 Å². The normalized spacial score (nSPS) is 16.3. The number of thiophene rings is 1. The van der Waals surface area contributed by atoms with Crippen LogP contribution in [-0.2, 0) is 0 Å². The van der Waals surface area contributed by atoms with Crippen molar-refractivity contribution in [3.63, 3.8) is 0 Å². The van der Waals surface area contributed by atoms with Crippen LogP contribution in [0.4, 0.5) is 0 Å². The minimum atomic E-state index is -0.330. The van der Waals surface area contributed by atoms with Crippen LogP contribution in [0, 0.1) is 18.3 Å². The van der Waals surface area contributed by atoms with Crippen LogP contribution in [0.5, 0.6) is 5.88 Å². The first kappa shape index (κ1) is 15.8. The SMILES string of the molecule is Cc1nn(-c2ccccc2)c2c1C(c1ccc(Cl)s1)C(C#N)=C(N)O2. The number of allylic oxidation sites excluding steroid dienone is 1. The van der Waals surface area contributed by atoms with Gasteiger partial charge in [0.15, 0.2) is 0 Å². The number of fused-ring (bicyclic) bond motifs is 1. The van der Waals surface area contributed by atoms with Crippen molar-refractivity contribution in [3.05, 3.63) is 74.4 Å². The molecule has 3 aromatic rings. The van der Waals surface area contributed by atoms with E-state index in [-0.39, 0.29) is 11.8 Å². The van der Waals surface area contributed by atoms with Crippen LogP contribution in [0.15, 0.2) is 53.9 Å². The smallest absolute Gasteiger partial charge is 0.229 e. The number of para-hydroxylation sites is 1. The summed E-state index contributed by atoms with van der Waals surface area (Å²) in [7, 11) is 0. The lowest BCUT2D eigenvalue weighted by Gasteiger charge is -2.23. The molecule has 0 bridgehead atoms. The highest BCUT2D eigenvalue weighted by molar-refractivity contribution is 7.16. The molecule has 124 valence electrons. The van der Waals surface area contributed by atoms with Crippen molar-refractivity contribution in [2.75, 3.05) is 0 Å². The summed E-state index contributed by atoms with van der Waals surface area (Å²) in [5.41, 5.74) is 8.93. The predicted molar refractivity (Wildman–Crippen MR) is 96.9 cm³/mol. The zero-order valence-corrected chi connectivity index (χ0v) is 14.8. The molecule has 5 nitrogen and oxygen atoms in total. The van der Waals surface area contributed by atoms with Gasteiger partial charge < -0.3 is 10.5 Å². The number of aromatic nitrogens is 2. The number of halogens is 1. The highest BCUT2D eigenvalue weighted by Crippen LogP contribution is 2.46. The van der Waals surface area contributed by atoms with E-state index in [1.54, 1.807) is 4.68 Å². The Morgan fingerprint density at radius 2 is 2.04 bits per heavy atom. The van der Waals surface area contributed by atoms with E-state index in [2.05, 4.69) is 11.2 Å². The first-order valence-electron chi connectivity index (χ1n) is 7.58. The summed E-state index contributed by atoms with van der Waals surface area (Å²) in [6, 6.07) is 15.6. The molecule has 3 heterocycles. The van der Waals surface area contributed by atoms with Gasteiger partial charge in [0, 0.05) is 4.88 Å². The zero-order chi connectivity index (χ0) is 17.6. The molecule has 1 aliphatic heterocycles. The van der Waals surface area contributed by atoms with E-state index in [0.29, 0.717) is 15.8 Å². The van der Waals surface area contributed by atoms with Crippen molar-refractivity contribution in [1.82, 2.24) is 9.78 Å². The number of nitriles is 1. The van der Waals surface area contributed by atoms with E-state index in [0.717, 1.165) is 21.8 Å². The monoisotopic (exact) mass is 368 g/mol. The molecule has 7 heteroatoms. The zero-order valence-electron chi connectivity index (χ0n) is 13.2. The van der Waals surface area contributed by atoms with Gasteiger partial charge in [-0.25, -0.2) is 4.68 Å². The van der Waals surface area contributed by atoms with Crippen LogP contribution in [0.25, 0.3) is 5.69 Å². The van der Waals surface area contributed by atoms with E-state index >= 15 is 0 Å². The first-order chi connectivity index (χ1) is 12.1. The maximum atomic E-state index is 9.62. The summed E-state index contributed by atoms with van der Waals surface area (Å²) < 4.78 is 8.18. The van der Waals surface area contributed by atoms with Gasteiger partial charge in [-0.1, -0.05) is 29.8 Å². The quantitative estimate of drug-likeness (QED) is 0.738. The van der Waals surface area contributed by atoms with Crippen LogP contribution in [0.1, 0.15) is 22.1 Å². The molecule has 0 amide bonds. The lowest BCUT2D eigenvalue weighted by molar-refractivity contribution is 0.367. The van der Waals surface area contributed by atoms with Gasteiger partial charge in [0.1, 0.15) is 11.6 Å². The number of nitrogens with two attached hydrogens (primary N) is 1. The molecule has 1 aromatic carbocycles. The Morgan fingerprint density at radius 3 is 2.68 bits per heavy atom. The lowest BCUT2D eigenvalue weighted by Crippen LogP contribution is -2.21. The molecule has 0 spiro atoms. The summed E-state index contributed by atoms with van der Waals surface area (Å²) in [4.78, 5) is 0.935. The van der Waals surface area contributed by atoms with Gasteiger partial charge >= 0.3 is 0 Å². The summed E-state index contributed by atoms with van der Waals surface area (Å²) in [5, 5.41) is 14.2. The summed E-state index contributed by atoms with van der Waals surface area (Å²) in [5.74, 6) is 0.306. The van der Waals surface area contributed by atoms with Crippen molar-refractivity contribution >= 4 is 22.9 Å². The summed E-state index contributed by atoms with van der Waals surface area (Å²) in [6.07, 6.45) is 0. The standard InChI is InChI=1S/C18H13ClN4OS/c1-10-15-16(13-7-8-14(19)25-13)12(9-20)17(21)24-18(15)23(22-10)11-5-3-2-4-6-11/h2-8,16H,21H2,1H3. The number of nitrogens with zero attached hydrogens (tertiary/aromatic N) is 3. The van der Waals surface area contributed by atoms with E-state index in [4.69, 9.17) is 22.1 Å². The molecule has 1 atom stereocenters. The second-order valence-corrected chi connectivity index (χ2v) is 7.36. The molecule has 0 saturated carbocycles. The Hall–Kier alpha value is -2.75. The molecule has 2 aromatic heterocycles. The van der Waals surface area contributed by atoms with Gasteiger partial charge in [-0.2, -0.15) is 10.4 Å².